The van der Waals surface area contributed by atoms with Crippen molar-refractivity contribution in [1.29, 1.82) is 0 Å². The number of carbonyl (C=O) groups is 2. The number of carbonyl (C=O) groups excluding carboxylic acids is 2. The third kappa shape index (κ3) is 6.17. The fourth-order valence-corrected chi connectivity index (χ4v) is 5.43. The molecule has 2 atom stereocenters. The van der Waals surface area contributed by atoms with Gasteiger partial charge in [-0.1, -0.05) is 33.1 Å². The number of rotatable bonds is 8. The Balaban J connectivity index is 1.73. The van der Waals surface area contributed by atoms with Gasteiger partial charge in [-0.2, -0.15) is 0 Å². The molecular formula is C23H42N4O3. The van der Waals surface area contributed by atoms with Gasteiger partial charge >= 0.3 is 0 Å². The molecule has 3 fully saturated rings. The summed E-state index contributed by atoms with van der Waals surface area (Å²) in [6, 6.07) is -0.0937. The molecule has 0 aromatic carbocycles. The normalized spacial score (nSPS) is 26.0. The van der Waals surface area contributed by atoms with Gasteiger partial charge in [-0.15, -0.1) is 0 Å². The first-order valence-corrected chi connectivity index (χ1v) is 12.0. The Morgan fingerprint density at radius 3 is 2.47 bits per heavy atom. The van der Waals surface area contributed by atoms with Crippen molar-refractivity contribution in [1.82, 2.24) is 20.0 Å². The molecule has 7 heteroatoms. The molecule has 7 nitrogen and oxygen atoms in total. The van der Waals surface area contributed by atoms with Crippen molar-refractivity contribution < 1.29 is 14.3 Å². The molecule has 2 saturated heterocycles. The summed E-state index contributed by atoms with van der Waals surface area (Å²) >= 11 is 0. The highest BCUT2D eigenvalue weighted by molar-refractivity contribution is 5.89. The maximum absolute atomic E-state index is 13.3. The van der Waals surface area contributed by atoms with Crippen LogP contribution in [0.4, 0.5) is 0 Å². The van der Waals surface area contributed by atoms with Crippen molar-refractivity contribution >= 4 is 11.8 Å². The van der Waals surface area contributed by atoms with Crippen LogP contribution in [0.25, 0.3) is 0 Å². The summed E-state index contributed by atoms with van der Waals surface area (Å²) in [5, 5.41) is 3.31. The topological polar surface area (TPSA) is 65.1 Å². The van der Waals surface area contributed by atoms with Gasteiger partial charge in [-0.05, 0) is 31.1 Å². The van der Waals surface area contributed by atoms with E-state index in [1.807, 2.05) is 9.80 Å². The Kier molecular flexibility index (Phi) is 8.96. The summed E-state index contributed by atoms with van der Waals surface area (Å²) in [4.78, 5) is 32.5. The first kappa shape index (κ1) is 23.5. The van der Waals surface area contributed by atoms with E-state index < -0.39 is 0 Å². The van der Waals surface area contributed by atoms with Gasteiger partial charge in [0.1, 0.15) is 12.6 Å². The maximum atomic E-state index is 13.3. The second kappa shape index (κ2) is 11.4. The van der Waals surface area contributed by atoms with Crippen LogP contribution in [0.5, 0.6) is 0 Å². The Morgan fingerprint density at radius 2 is 1.83 bits per heavy atom. The zero-order chi connectivity index (χ0) is 21.5. The third-order valence-electron chi connectivity index (χ3n) is 6.91. The fourth-order valence-electron chi connectivity index (χ4n) is 5.43. The molecular weight excluding hydrogens is 380 g/mol. The quantitative estimate of drug-likeness (QED) is 0.643. The van der Waals surface area contributed by atoms with Gasteiger partial charge in [-0.3, -0.25) is 14.5 Å². The number of likely N-dealkylation sites (tertiary alicyclic amines) is 1. The standard InChI is InChI=1S/C23H42N4O3/c1-18(2)14-26(15-19-7-5-4-6-8-19)20-13-21(27(16-20)22(28)17-30-3)23(29)25-11-9-24-10-12-25/h18-21,24H,4-17H2,1-3H3. The summed E-state index contributed by atoms with van der Waals surface area (Å²) in [5.74, 6) is 1.38. The second-order valence-electron chi connectivity index (χ2n) is 9.81. The average Bonchev–Trinajstić information content (AvgIpc) is 3.19. The molecule has 0 radical (unpaired) electrons. The predicted molar refractivity (Wildman–Crippen MR) is 118 cm³/mol. The molecule has 2 aliphatic heterocycles. The largest absolute Gasteiger partial charge is 0.375 e. The van der Waals surface area contributed by atoms with Gasteiger partial charge in [0.2, 0.25) is 11.8 Å². The summed E-state index contributed by atoms with van der Waals surface area (Å²) in [7, 11) is 1.55. The van der Waals surface area contributed by atoms with E-state index in [0.717, 1.165) is 51.6 Å². The molecule has 1 saturated carbocycles. The van der Waals surface area contributed by atoms with Crippen LogP contribution in [0, 0.1) is 11.8 Å². The Morgan fingerprint density at radius 1 is 1.13 bits per heavy atom. The molecule has 172 valence electrons. The molecule has 0 aromatic rings. The molecule has 3 aliphatic rings. The minimum Gasteiger partial charge on any atom is -0.375 e. The fraction of sp³-hybridized carbons (Fsp3) is 0.913. The number of hydrogen-bond acceptors (Lipinski definition) is 5. The molecule has 0 aromatic heterocycles. The SMILES string of the molecule is COCC(=O)N1CC(N(CC(C)C)CC2CCCCC2)CC1C(=O)N1CCNCC1. The van der Waals surface area contributed by atoms with E-state index in [1.165, 1.54) is 32.1 Å². The van der Waals surface area contributed by atoms with E-state index in [2.05, 4.69) is 24.1 Å². The van der Waals surface area contributed by atoms with Gasteiger partial charge in [-0.25, -0.2) is 0 Å². The monoisotopic (exact) mass is 422 g/mol. The number of ether oxygens (including phenoxy) is 1. The molecule has 2 heterocycles. The number of nitrogens with one attached hydrogen (secondary N) is 1. The highest BCUT2D eigenvalue weighted by atomic mass is 16.5. The van der Waals surface area contributed by atoms with E-state index in [-0.39, 0.29) is 30.5 Å². The lowest BCUT2D eigenvalue weighted by Crippen LogP contribution is -2.53. The second-order valence-corrected chi connectivity index (χ2v) is 9.81. The molecule has 1 aliphatic carbocycles. The molecule has 3 rings (SSSR count). The van der Waals surface area contributed by atoms with Crippen LogP contribution in [0.15, 0.2) is 0 Å². The Hall–Kier alpha value is -1.18. The summed E-state index contributed by atoms with van der Waals surface area (Å²) in [5.41, 5.74) is 0. The van der Waals surface area contributed by atoms with Gasteiger partial charge in [0.15, 0.2) is 0 Å². The lowest BCUT2D eigenvalue weighted by atomic mass is 9.88. The molecule has 1 N–H and O–H groups in total. The highest BCUT2D eigenvalue weighted by Crippen LogP contribution is 2.29. The molecule has 2 amide bonds. The lowest BCUT2D eigenvalue weighted by molar-refractivity contribution is -0.146. The van der Waals surface area contributed by atoms with Crippen LogP contribution >= 0.6 is 0 Å². The van der Waals surface area contributed by atoms with Crippen LogP contribution in [0.1, 0.15) is 52.4 Å². The Bertz CT molecular complexity index is 559. The predicted octanol–water partition coefficient (Wildman–Crippen LogP) is 1.57. The van der Waals surface area contributed by atoms with Crippen LogP contribution in [0.3, 0.4) is 0 Å². The lowest BCUT2D eigenvalue weighted by Gasteiger charge is -2.35. The maximum Gasteiger partial charge on any atom is 0.249 e. The zero-order valence-electron chi connectivity index (χ0n) is 19.3. The molecule has 2 unspecified atom stereocenters. The third-order valence-corrected chi connectivity index (χ3v) is 6.91. The van der Waals surface area contributed by atoms with Crippen LogP contribution in [0.2, 0.25) is 0 Å². The van der Waals surface area contributed by atoms with E-state index in [1.54, 1.807) is 7.11 Å². The number of piperazine rings is 1. The number of nitrogens with zero attached hydrogens (tertiary/aromatic N) is 3. The van der Waals surface area contributed by atoms with Gasteiger partial charge in [0.25, 0.3) is 0 Å². The summed E-state index contributed by atoms with van der Waals surface area (Å²) in [6.07, 6.45) is 7.43. The number of hydrogen-bond donors (Lipinski definition) is 1. The first-order chi connectivity index (χ1) is 14.5. The van der Waals surface area contributed by atoms with Crippen LogP contribution < -0.4 is 5.32 Å². The first-order valence-electron chi connectivity index (χ1n) is 12.0. The van der Waals surface area contributed by atoms with Crippen LogP contribution in [-0.4, -0.2) is 98.1 Å². The van der Waals surface area contributed by atoms with Crippen LogP contribution in [-0.2, 0) is 14.3 Å². The van der Waals surface area contributed by atoms with Gasteiger partial charge < -0.3 is 19.9 Å². The van der Waals surface area contributed by atoms with Gasteiger partial charge in [0, 0.05) is 59.0 Å². The van der Waals surface area contributed by atoms with Crippen molar-refractivity contribution in [2.75, 3.05) is 59.5 Å². The smallest absolute Gasteiger partial charge is 0.249 e. The van der Waals surface area contributed by atoms with E-state index in [4.69, 9.17) is 4.74 Å². The average molecular weight is 423 g/mol. The number of methoxy groups -OCH3 is 1. The molecule has 0 bridgehead atoms. The van der Waals surface area contributed by atoms with E-state index in [0.29, 0.717) is 12.5 Å². The van der Waals surface area contributed by atoms with E-state index >= 15 is 0 Å². The van der Waals surface area contributed by atoms with E-state index in [9.17, 15) is 9.59 Å². The minimum atomic E-state index is -0.350. The molecule has 0 spiro atoms. The minimum absolute atomic E-state index is 0.0465. The molecule has 30 heavy (non-hydrogen) atoms. The van der Waals surface area contributed by atoms with Crippen molar-refractivity contribution in [2.45, 2.75) is 64.5 Å². The van der Waals surface area contributed by atoms with Crippen molar-refractivity contribution in [3.63, 3.8) is 0 Å². The highest BCUT2D eigenvalue weighted by Gasteiger charge is 2.43. The Labute approximate surface area is 182 Å². The van der Waals surface area contributed by atoms with Crippen molar-refractivity contribution in [3.05, 3.63) is 0 Å². The number of amides is 2. The van der Waals surface area contributed by atoms with Gasteiger partial charge in [0.05, 0.1) is 0 Å². The summed E-state index contributed by atoms with van der Waals surface area (Å²) in [6.45, 7) is 10.5. The van der Waals surface area contributed by atoms with Crippen molar-refractivity contribution in [3.8, 4) is 0 Å². The summed E-state index contributed by atoms with van der Waals surface area (Å²) < 4.78 is 5.13. The van der Waals surface area contributed by atoms with Crippen molar-refractivity contribution in [2.24, 2.45) is 11.8 Å². The zero-order valence-corrected chi connectivity index (χ0v) is 19.3.